The van der Waals surface area contributed by atoms with Crippen LogP contribution < -0.4 is 0 Å². The van der Waals surface area contributed by atoms with Gasteiger partial charge in [0.25, 0.3) is 0 Å². The Balaban J connectivity index is 1.95. The molecule has 0 aromatic rings. The van der Waals surface area contributed by atoms with Crippen molar-refractivity contribution in [1.82, 2.24) is 0 Å². The second-order valence-electron chi connectivity index (χ2n) is 5.21. The van der Waals surface area contributed by atoms with E-state index in [1.165, 1.54) is 31.4 Å². The summed E-state index contributed by atoms with van der Waals surface area (Å²) < 4.78 is 0. The van der Waals surface area contributed by atoms with E-state index in [-0.39, 0.29) is 0 Å². The Kier molecular flexibility index (Phi) is 5.36. The third kappa shape index (κ3) is 4.72. The maximum atomic E-state index is 2.40. The van der Waals surface area contributed by atoms with Crippen LogP contribution >= 0.6 is 11.8 Å². The topological polar surface area (TPSA) is 0 Å². The summed E-state index contributed by atoms with van der Waals surface area (Å²) >= 11 is 2.20. The minimum atomic E-state index is 0.886. The van der Waals surface area contributed by atoms with E-state index in [0.717, 1.165) is 23.0 Å². The van der Waals surface area contributed by atoms with E-state index >= 15 is 0 Å². The highest BCUT2D eigenvalue weighted by molar-refractivity contribution is 7.99. The molecule has 0 radical (unpaired) electrons. The molecule has 1 fully saturated rings. The largest absolute Gasteiger partial charge is 0.159 e. The van der Waals surface area contributed by atoms with Gasteiger partial charge in [-0.25, -0.2) is 0 Å². The minimum absolute atomic E-state index is 0.886. The van der Waals surface area contributed by atoms with Crippen LogP contribution in [-0.2, 0) is 0 Å². The monoisotopic (exact) mass is 214 g/mol. The van der Waals surface area contributed by atoms with E-state index < -0.39 is 0 Å². The number of thioether (sulfide) groups is 1. The van der Waals surface area contributed by atoms with Gasteiger partial charge in [-0.05, 0) is 42.8 Å². The molecule has 1 saturated carbocycles. The molecule has 0 spiro atoms. The molecule has 1 rings (SSSR count). The molecule has 0 bridgehead atoms. The van der Waals surface area contributed by atoms with Crippen molar-refractivity contribution in [3.8, 4) is 0 Å². The summed E-state index contributed by atoms with van der Waals surface area (Å²) in [6, 6.07) is 0. The van der Waals surface area contributed by atoms with Crippen LogP contribution in [0.3, 0.4) is 0 Å². The highest BCUT2D eigenvalue weighted by Gasteiger charge is 2.32. The molecule has 1 heteroatoms. The van der Waals surface area contributed by atoms with Crippen molar-refractivity contribution < 1.29 is 0 Å². The first-order valence-corrected chi connectivity index (χ1v) is 7.30. The van der Waals surface area contributed by atoms with Crippen molar-refractivity contribution in [2.24, 2.45) is 17.8 Å². The molecule has 1 aliphatic carbocycles. The average molecular weight is 214 g/mol. The highest BCUT2D eigenvalue weighted by Crippen LogP contribution is 2.41. The molecule has 84 valence electrons. The van der Waals surface area contributed by atoms with Gasteiger partial charge in [-0.3, -0.25) is 0 Å². The molecular weight excluding hydrogens is 188 g/mol. The van der Waals surface area contributed by atoms with E-state index in [0.29, 0.717) is 0 Å². The fraction of sp³-hybridized carbons (Fsp3) is 1.00. The first-order valence-electron chi connectivity index (χ1n) is 6.25. The zero-order valence-corrected chi connectivity index (χ0v) is 11.1. The van der Waals surface area contributed by atoms with Crippen molar-refractivity contribution in [3.05, 3.63) is 0 Å². The van der Waals surface area contributed by atoms with Crippen molar-refractivity contribution in [1.29, 1.82) is 0 Å². The molecule has 0 N–H and O–H groups in total. The predicted octanol–water partition coefficient (Wildman–Crippen LogP) is 4.59. The maximum Gasteiger partial charge on any atom is 0.00189 e. The second-order valence-corrected chi connectivity index (χ2v) is 6.68. The van der Waals surface area contributed by atoms with Gasteiger partial charge in [0, 0.05) is 5.25 Å². The number of hydrogen-bond acceptors (Lipinski definition) is 1. The molecule has 0 heterocycles. The summed E-state index contributed by atoms with van der Waals surface area (Å²) in [5, 5.41) is 0.886. The Morgan fingerprint density at radius 1 is 1.29 bits per heavy atom. The van der Waals surface area contributed by atoms with Gasteiger partial charge < -0.3 is 0 Å². The Morgan fingerprint density at radius 3 is 2.43 bits per heavy atom. The molecule has 0 aromatic carbocycles. The third-order valence-electron chi connectivity index (χ3n) is 3.63. The Morgan fingerprint density at radius 2 is 1.93 bits per heavy atom. The quantitative estimate of drug-likeness (QED) is 0.597. The lowest BCUT2D eigenvalue weighted by Gasteiger charge is -2.13. The van der Waals surface area contributed by atoms with Crippen LogP contribution in [0.1, 0.15) is 53.4 Å². The zero-order chi connectivity index (χ0) is 10.6. The molecule has 3 unspecified atom stereocenters. The smallest absolute Gasteiger partial charge is 0.00189 e. The van der Waals surface area contributed by atoms with Crippen LogP contribution in [0, 0.1) is 17.8 Å². The van der Waals surface area contributed by atoms with E-state index in [2.05, 4.69) is 39.5 Å². The lowest BCUT2D eigenvalue weighted by atomic mass is 10.0. The summed E-state index contributed by atoms with van der Waals surface area (Å²) in [4.78, 5) is 0. The molecule has 0 nitrogen and oxygen atoms in total. The SMILES string of the molecule is CCC(C)CC[C@H](C)SCC1CC1C. The molecule has 4 atom stereocenters. The average Bonchev–Trinajstić information content (AvgIpc) is 2.87. The van der Waals surface area contributed by atoms with Crippen molar-refractivity contribution in [3.63, 3.8) is 0 Å². The molecule has 14 heavy (non-hydrogen) atoms. The molecule has 0 amide bonds. The fourth-order valence-electron chi connectivity index (χ4n) is 1.73. The van der Waals surface area contributed by atoms with Crippen LogP contribution in [0.5, 0.6) is 0 Å². The van der Waals surface area contributed by atoms with Crippen LogP contribution in [0.4, 0.5) is 0 Å². The first-order chi connectivity index (χ1) is 6.63. The van der Waals surface area contributed by atoms with Crippen LogP contribution in [0.25, 0.3) is 0 Å². The molecule has 0 aromatic heterocycles. The van der Waals surface area contributed by atoms with Gasteiger partial charge in [0.15, 0.2) is 0 Å². The Labute approximate surface area is 94.2 Å². The van der Waals surface area contributed by atoms with Crippen molar-refractivity contribution in [2.45, 2.75) is 58.6 Å². The predicted molar refractivity (Wildman–Crippen MR) is 67.9 cm³/mol. The van der Waals surface area contributed by atoms with Crippen LogP contribution in [0.15, 0.2) is 0 Å². The Bertz CT molecular complexity index is 147. The summed E-state index contributed by atoms with van der Waals surface area (Å²) in [6.07, 6.45) is 5.67. The summed E-state index contributed by atoms with van der Waals surface area (Å²) in [5.74, 6) is 4.44. The highest BCUT2D eigenvalue weighted by atomic mass is 32.2. The van der Waals surface area contributed by atoms with Gasteiger partial charge in [-0.1, -0.05) is 34.1 Å². The lowest BCUT2D eigenvalue weighted by molar-refractivity contribution is 0.495. The number of hydrogen-bond donors (Lipinski definition) is 0. The summed E-state index contributed by atoms with van der Waals surface area (Å²) in [5.41, 5.74) is 0. The van der Waals surface area contributed by atoms with Gasteiger partial charge in [0.1, 0.15) is 0 Å². The third-order valence-corrected chi connectivity index (χ3v) is 5.06. The van der Waals surface area contributed by atoms with E-state index in [1.54, 1.807) is 0 Å². The van der Waals surface area contributed by atoms with E-state index in [9.17, 15) is 0 Å². The van der Waals surface area contributed by atoms with Gasteiger partial charge in [0.2, 0.25) is 0 Å². The normalized spacial score (nSPS) is 30.0. The van der Waals surface area contributed by atoms with Crippen LogP contribution in [0.2, 0.25) is 0 Å². The lowest BCUT2D eigenvalue weighted by Crippen LogP contribution is -2.02. The maximum absolute atomic E-state index is 2.40. The van der Waals surface area contributed by atoms with Gasteiger partial charge >= 0.3 is 0 Å². The molecular formula is C13H26S. The molecule has 1 aliphatic rings. The Hall–Kier alpha value is 0.350. The summed E-state index contributed by atoms with van der Waals surface area (Å²) in [6.45, 7) is 9.46. The van der Waals surface area contributed by atoms with Gasteiger partial charge in [-0.15, -0.1) is 0 Å². The van der Waals surface area contributed by atoms with Crippen molar-refractivity contribution in [2.75, 3.05) is 5.75 Å². The first kappa shape index (κ1) is 12.4. The number of rotatable bonds is 7. The molecule has 0 saturated heterocycles. The molecule has 0 aliphatic heterocycles. The van der Waals surface area contributed by atoms with E-state index in [1.807, 2.05) is 0 Å². The minimum Gasteiger partial charge on any atom is -0.159 e. The zero-order valence-electron chi connectivity index (χ0n) is 10.3. The standard InChI is InChI=1S/C13H26S/c1-5-10(2)6-7-12(4)14-9-13-8-11(13)3/h10-13H,5-9H2,1-4H3/t10?,11?,12-,13?/m0/s1. The summed E-state index contributed by atoms with van der Waals surface area (Å²) in [7, 11) is 0. The van der Waals surface area contributed by atoms with E-state index in [4.69, 9.17) is 0 Å². The van der Waals surface area contributed by atoms with Crippen LogP contribution in [-0.4, -0.2) is 11.0 Å². The van der Waals surface area contributed by atoms with Gasteiger partial charge in [0.05, 0.1) is 0 Å². The van der Waals surface area contributed by atoms with Gasteiger partial charge in [-0.2, -0.15) is 11.8 Å². The second kappa shape index (κ2) is 6.05. The van der Waals surface area contributed by atoms with Crippen molar-refractivity contribution >= 4 is 11.8 Å². The fourth-order valence-corrected chi connectivity index (χ4v) is 3.07.